The van der Waals surface area contributed by atoms with Gasteiger partial charge in [0.05, 0.1) is 6.54 Å². The lowest BCUT2D eigenvalue weighted by molar-refractivity contribution is -0.129. The van der Waals surface area contributed by atoms with Crippen LogP contribution in [0.1, 0.15) is 30.4 Å². The van der Waals surface area contributed by atoms with Gasteiger partial charge in [-0.2, -0.15) is 0 Å². The minimum absolute atomic E-state index is 0.0183. The third-order valence-electron chi connectivity index (χ3n) is 4.69. The molecule has 2 fully saturated rings. The predicted molar refractivity (Wildman–Crippen MR) is 88.9 cm³/mol. The van der Waals surface area contributed by atoms with Gasteiger partial charge in [-0.05, 0) is 44.7 Å². The van der Waals surface area contributed by atoms with Gasteiger partial charge in [-0.15, -0.1) is 0 Å². The van der Waals surface area contributed by atoms with E-state index in [1.807, 2.05) is 32.0 Å². The molecule has 0 radical (unpaired) electrons. The van der Waals surface area contributed by atoms with Gasteiger partial charge in [0.1, 0.15) is 24.5 Å². The zero-order valence-corrected chi connectivity index (χ0v) is 14.2. The minimum Gasteiger partial charge on any atom is -0.491 e. The largest absolute Gasteiger partial charge is 0.491 e. The average molecular weight is 332 g/mol. The van der Waals surface area contributed by atoms with E-state index in [2.05, 4.69) is 0 Å². The number of aryl methyl sites for hydroxylation is 2. The van der Waals surface area contributed by atoms with E-state index in [0.29, 0.717) is 12.3 Å². The van der Waals surface area contributed by atoms with Gasteiger partial charge in [-0.25, -0.2) is 4.79 Å². The van der Waals surface area contributed by atoms with Crippen molar-refractivity contribution in [3.8, 4) is 5.75 Å². The van der Waals surface area contributed by atoms with Gasteiger partial charge in [-0.3, -0.25) is 9.69 Å². The Morgan fingerprint density at radius 3 is 2.79 bits per heavy atom. The van der Waals surface area contributed by atoms with Crippen LogP contribution in [0.2, 0.25) is 0 Å². The summed E-state index contributed by atoms with van der Waals surface area (Å²) in [4.78, 5) is 27.5. The number of carbonyl (C=O) groups is 2. The van der Waals surface area contributed by atoms with Crippen molar-refractivity contribution in [3.05, 3.63) is 29.3 Å². The summed E-state index contributed by atoms with van der Waals surface area (Å²) in [7, 11) is 0. The molecule has 130 valence electrons. The Kier molecular flexibility index (Phi) is 4.76. The van der Waals surface area contributed by atoms with E-state index < -0.39 is 6.10 Å². The number of rotatable bonds is 5. The topological polar surface area (TPSA) is 70.1 Å². The number of aliphatic hydroxyl groups is 1. The Balaban J connectivity index is 1.57. The van der Waals surface area contributed by atoms with Crippen LogP contribution in [-0.2, 0) is 4.79 Å². The number of amides is 3. The molecule has 0 spiro atoms. The number of nitrogens with zero attached hydrogens (tertiary/aromatic N) is 2. The SMILES string of the molecule is Cc1ccc(OC[C@@H](O)CN2C(=O)[C@H]3CCCCN3C2=O)c(C)c1. The number of β-amino-alcohol motifs (C(OH)–C–C–N with tert-alkyl or cyclic N) is 1. The summed E-state index contributed by atoms with van der Waals surface area (Å²) in [6, 6.07) is 5.20. The molecule has 2 aliphatic rings. The minimum atomic E-state index is -0.903. The fraction of sp³-hybridized carbons (Fsp3) is 0.556. The Labute approximate surface area is 142 Å². The maximum absolute atomic E-state index is 12.4. The van der Waals surface area contributed by atoms with E-state index in [1.54, 1.807) is 4.90 Å². The normalized spacial score (nSPS) is 21.9. The van der Waals surface area contributed by atoms with Gasteiger partial charge >= 0.3 is 6.03 Å². The number of piperidine rings is 1. The molecule has 3 amide bonds. The summed E-state index contributed by atoms with van der Waals surface area (Å²) in [6.45, 7) is 4.60. The number of ether oxygens (including phenoxy) is 1. The lowest BCUT2D eigenvalue weighted by Gasteiger charge is -2.26. The highest BCUT2D eigenvalue weighted by molar-refractivity contribution is 6.04. The molecule has 0 bridgehead atoms. The Hall–Kier alpha value is -2.08. The number of benzene rings is 1. The molecule has 0 aromatic heterocycles. The van der Waals surface area contributed by atoms with E-state index >= 15 is 0 Å². The van der Waals surface area contributed by atoms with E-state index in [1.165, 1.54) is 4.90 Å². The first-order valence-corrected chi connectivity index (χ1v) is 8.47. The van der Waals surface area contributed by atoms with Crippen LogP contribution in [0.25, 0.3) is 0 Å². The molecular formula is C18H24N2O4. The maximum Gasteiger partial charge on any atom is 0.327 e. The molecule has 6 nitrogen and oxygen atoms in total. The standard InChI is InChI=1S/C18H24N2O4/c1-12-6-7-16(13(2)9-12)24-11-14(21)10-20-17(22)15-5-3-4-8-19(15)18(20)23/h6-7,9,14-15,21H,3-5,8,10-11H2,1-2H3/t14-,15+/m0/s1. The van der Waals surface area contributed by atoms with E-state index in [9.17, 15) is 14.7 Å². The molecule has 0 saturated carbocycles. The van der Waals surface area contributed by atoms with Crippen LogP contribution >= 0.6 is 0 Å². The quantitative estimate of drug-likeness (QED) is 0.836. The molecule has 6 heteroatoms. The molecule has 24 heavy (non-hydrogen) atoms. The van der Waals surface area contributed by atoms with Crippen molar-refractivity contribution in [1.82, 2.24) is 9.80 Å². The van der Waals surface area contributed by atoms with Gasteiger partial charge in [0.25, 0.3) is 5.91 Å². The molecule has 2 saturated heterocycles. The summed E-state index contributed by atoms with van der Waals surface area (Å²) in [5.41, 5.74) is 2.14. The number of imide groups is 1. The Bertz CT molecular complexity index is 622. The van der Waals surface area contributed by atoms with E-state index in [4.69, 9.17) is 4.74 Å². The zero-order valence-electron chi connectivity index (χ0n) is 14.2. The Morgan fingerprint density at radius 2 is 2.08 bits per heavy atom. The van der Waals surface area contributed by atoms with Crippen LogP contribution in [-0.4, -0.2) is 58.7 Å². The van der Waals surface area contributed by atoms with Crippen molar-refractivity contribution in [2.24, 2.45) is 0 Å². The third kappa shape index (κ3) is 3.24. The average Bonchev–Trinajstić information content (AvgIpc) is 2.79. The van der Waals surface area contributed by atoms with Crippen molar-refractivity contribution in [1.29, 1.82) is 0 Å². The number of aliphatic hydroxyl groups excluding tert-OH is 1. The van der Waals surface area contributed by atoms with Crippen LogP contribution in [0.4, 0.5) is 4.79 Å². The van der Waals surface area contributed by atoms with Crippen molar-refractivity contribution in [3.63, 3.8) is 0 Å². The van der Waals surface area contributed by atoms with Crippen LogP contribution in [0.3, 0.4) is 0 Å². The number of hydrogen-bond acceptors (Lipinski definition) is 4. The lowest BCUT2D eigenvalue weighted by Crippen LogP contribution is -2.40. The van der Waals surface area contributed by atoms with Gasteiger partial charge in [0.15, 0.2) is 0 Å². The number of carbonyl (C=O) groups excluding carboxylic acids is 2. The fourth-order valence-corrected chi connectivity index (χ4v) is 3.43. The second-order valence-electron chi connectivity index (χ2n) is 6.67. The summed E-state index contributed by atoms with van der Waals surface area (Å²) in [5, 5.41) is 10.2. The molecule has 2 aliphatic heterocycles. The van der Waals surface area contributed by atoms with Gasteiger partial charge in [0, 0.05) is 6.54 Å². The molecule has 1 aromatic carbocycles. The fourth-order valence-electron chi connectivity index (χ4n) is 3.43. The van der Waals surface area contributed by atoms with Crippen LogP contribution in [0.5, 0.6) is 5.75 Å². The van der Waals surface area contributed by atoms with Crippen molar-refractivity contribution in [2.75, 3.05) is 19.7 Å². The highest BCUT2D eigenvalue weighted by Crippen LogP contribution is 2.26. The van der Waals surface area contributed by atoms with Crippen molar-refractivity contribution >= 4 is 11.9 Å². The highest BCUT2D eigenvalue weighted by atomic mass is 16.5. The van der Waals surface area contributed by atoms with Crippen LogP contribution in [0.15, 0.2) is 18.2 Å². The summed E-state index contributed by atoms with van der Waals surface area (Å²) < 4.78 is 5.64. The molecule has 0 aliphatic carbocycles. The maximum atomic E-state index is 12.4. The molecular weight excluding hydrogens is 308 g/mol. The first-order valence-electron chi connectivity index (χ1n) is 8.47. The van der Waals surface area contributed by atoms with Crippen LogP contribution < -0.4 is 4.74 Å². The van der Waals surface area contributed by atoms with Crippen molar-refractivity contribution in [2.45, 2.75) is 45.3 Å². The van der Waals surface area contributed by atoms with Gasteiger partial charge < -0.3 is 14.7 Å². The van der Waals surface area contributed by atoms with E-state index in [0.717, 1.165) is 30.4 Å². The van der Waals surface area contributed by atoms with Crippen molar-refractivity contribution < 1.29 is 19.4 Å². The second kappa shape index (κ2) is 6.81. The molecule has 1 N–H and O–H groups in total. The Morgan fingerprint density at radius 1 is 1.29 bits per heavy atom. The first kappa shape index (κ1) is 16.8. The molecule has 2 heterocycles. The highest BCUT2D eigenvalue weighted by Gasteiger charge is 2.46. The molecule has 2 atom stereocenters. The molecule has 3 rings (SSSR count). The van der Waals surface area contributed by atoms with Gasteiger partial charge in [-0.1, -0.05) is 17.7 Å². The smallest absolute Gasteiger partial charge is 0.327 e. The molecule has 1 aromatic rings. The monoisotopic (exact) mass is 332 g/mol. The third-order valence-corrected chi connectivity index (χ3v) is 4.69. The molecule has 0 unspecified atom stereocenters. The predicted octanol–water partition coefficient (Wildman–Crippen LogP) is 1.86. The summed E-state index contributed by atoms with van der Waals surface area (Å²) >= 11 is 0. The lowest BCUT2D eigenvalue weighted by atomic mass is 10.0. The number of fused-ring (bicyclic) bond motifs is 1. The summed E-state index contributed by atoms with van der Waals surface area (Å²) in [5.74, 6) is 0.515. The van der Waals surface area contributed by atoms with E-state index in [-0.39, 0.29) is 31.1 Å². The van der Waals surface area contributed by atoms with Crippen LogP contribution in [0, 0.1) is 13.8 Å². The first-order chi connectivity index (χ1) is 11.5. The number of hydrogen-bond donors (Lipinski definition) is 1. The van der Waals surface area contributed by atoms with Gasteiger partial charge in [0.2, 0.25) is 0 Å². The second-order valence-corrected chi connectivity index (χ2v) is 6.67. The summed E-state index contributed by atoms with van der Waals surface area (Å²) in [6.07, 6.45) is 1.71. The zero-order chi connectivity index (χ0) is 17.3. The number of urea groups is 1.